The topological polar surface area (TPSA) is 23.5 Å². The number of hydrogen-bond acceptors (Lipinski definition) is 2. The number of aliphatic hydroxyl groups is 1. The third kappa shape index (κ3) is 4.14. The van der Waals surface area contributed by atoms with Crippen LogP contribution in [0.1, 0.15) is 44.8 Å². The molecule has 0 fully saturated rings. The van der Waals surface area contributed by atoms with Crippen LogP contribution in [-0.4, -0.2) is 29.6 Å². The molecule has 0 aliphatic carbocycles. The van der Waals surface area contributed by atoms with Gasteiger partial charge in [0.15, 0.2) is 0 Å². The summed E-state index contributed by atoms with van der Waals surface area (Å²) in [5.41, 5.74) is 1.02. The first-order chi connectivity index (χ1) is 8.20. The molecule has 2 unspecified atom stereocenters. The Hall–Kier alpha value is -0.860. The molecular formula is C15H25NO. The summed E-state index contributed by atoms with van der Waals surface area (Å²) in [7, 11) is 2.11. The zero-order valence-corrected chi connectivity index (χ0v) is 11.3. The fraction of sp³-hybridized carbons (Fsp3) is 0.600. The van der Waals surface area contributed by atoms with Gasteiger partial charge in [0, 0.05) is 6.04 Å². The molecule has 2 heteroatoms. The van der Waals surface area contributed by atoms with Crippen LogP contribution in [0.2, 0.25) is 0 Å². The summed E-state index contributed by atoms with van der Waals surface area (Å²) in [6.07, 6.45) is 2.97. The molecule has 0 spiro atoms. The van der Waals surface area contributed by atoms with E-state index in [-0.39, 0.29) is 12.1 Å². The van der Waals surface area contributed by atoms with E-state index >= 15 is 0 Å². The number of aliphatic hydroxyl groups excluding tert-OH is 1. The quantitative estimate of drug-likeness (QED) is 0.784. The molecule has 17 heavy (non-hydrogen) atoms. The Balaban J connectivity index is 2.66. The highest BCUT2D eigenvalue weighted by atomic mass is 16.3. The van der Waals surface area contributed by atoms with Gasteiger partial charge in [0.1, 0.15) is 0 Å². The van der Waals surface area contributed by atoms with Crippen molar-refractivity contribution in [3.8, 4) is 0 Å². The average molecular weight is 235 g/mol. The zero-order valence-electron chi connectivity index (χ0n) is 11.3. The second-order valence-corrected chi connectivity index (χ2v) is 4.67. The van der Waals surface area contributed by atoms with E-state index in [9.17, 15) is 5.11 Å². The van der Waals surface area contributed by atoms with E-state index in [4.69, 9.17) is 0 Å². The molecule has 0 bridgehead atoms. The monoisotopic (exact) mass is 235 g/mol. The Kier molecular flexibility index (Phi) is 6.23. The first-order valence-corrected chi connectivity index (χ1v) is 6.63. The Morgan fingerprint density at radius 1 is 1.18 bits per heavy atom. The molecule has 96 valence electrons. The van der Waals surface area contributed by atoms with Gasteiger partial charge < -0.3 is 10.0 Å². The molecule has 0 aromatic heterocycles. The number of rotatable bonds is 7. The maximum atomic E-state index is 10.4. The maximum Gasteiger partial charge on any atom is 0.0944 e. The maximum absolute atomic E-state index is 10.4. The van der Waals surface area contributed by atoms with Gasteiger partial charge in [0.25, 0.3) is 0 Å². The average Bonchev–Trinajstić information content (AvgIpc) is 2.38. The lowest BCUT2D eigenvalue weighted by Crippen LogP contribution is -2.37. The predicted molar refractivity (Wildman–Crippen MR) is 73.0 cm³/mol. The molecule has 0 amide bonds. The van der Waals surface area contributed by atoms with Gasteiger partial charge in [-0.3, -0.25) is 0 Å². The summed E-state index contributed by atoms with van der Waals surface area (Å²) in [4.78, 5) is 2.28. The van der Waals surface area contributed by atoms with Gasteiger partial charge in [0.05, 0.1) is 6.10 Å². The van der Waals surface area contributed by atoms with Gasteiger partial charge in [-0.05, 0) is 32.0 Å². The van der Waals surface area contributed by atoms with Crippen LogP contribution in [0.3, 0.4) is 0 Å². The largest absolute Gasteiger partial charge is 0.387 e. The van der Waals surface area contributed by atoms with Crippen molar-refractivity contribution in [3.63, 3.8) is 0 Å². The molecule has 0 heterocycles. The van der Waals surface area contributed by atoms with Crippen LogP contribution in [0, 0.1) is 0 Å². The fourth-order valence-electron chi connectivity index (χ4n) is 2.22. The van der Waals surface area contributed by atoms with Crippen LogP contribution in [0.15, 0.2) is 30.3 Å². The zero-order chi connectivity index (χ0) is 12.7. The lowest BCUT2D eigenvalue weighted by atomic mass is 9.99. The van der Waals surface area contributed by atoms with E-state index in [2.05, 4.69) is 25.8 Å². The Morgan fingerprint density at radius 2 is 1.82 bits per heavy atom. The lowest BCUT2D eigenvalue weighted by molar-refractivity contribution is 0.0595. The van der Waals surface area contributed by atoms with E-state index < -0.39 is 0 Å². The second-order valence-electron chi connectivity index (χ2n) is 4.67. The van der Waals surface area contributed by atoms with E-state index in [0.29, 0.717) is 0 Å². The van der Waals surface area contributed by atoms with Crippen LogP contribution >= 0.6 is 0 Å². The van der Waals surface area contributed by atoms with E-state index in [1.54, 1.807) is 0 Å². The summed E-state index contributed by atoms with van der Waals surface area (Å²) < 4.78 is 0. The fourth-order valence-corrected chi connectivity index (χ4v) is 2.22. The van der Waals surface area contributed by atoms with Crippen molar-refractivity contribution in [3.05, 3.63) is 35.9 Å². The molecule has 0 aliphatic heterocycles. The Morgan fingerprint density at radius 3 is 2.35 bits per heavy atom. The summed E-state index contributed by atoms with van der Waals surface area (Å²) in [5.74, 6) is 0. The third-order valence-corrected chi connectivity index (χ3v) is 3.35. The Bertz CT molecular complexity index is 299. The number of likely N-dealkylation sites (N-methyl/N-ethyl adjacent to an activating group) is 1. The normalized spacial score (nSPS) is 14.9. The molecule has 0 aliphatic rings. The second kappa shape index (κ2) is 7.46. The number of benzene rings is 1. The van der Waals surface area contributed by atoms with Crippen molar-refractivity contribution in [2.75, 3.05) is 13.6 Å². The standard InChI is InChI=1S/C15H25NO/c1-4-6-12-16(3)14(5-2)15(17)13-10-8-7-9-11-13/h7-11,14-15,17H,4-6,12H2,1-3H3. The number of unbranched alkanes of at least 4 members (excludes halogenated alkanes) is 1. The van der Waals surface area contributed by atoms with Crippen LogP contribution < -0.4 is 0 Å². The molecule has 0 radical (unpaired) electrons. The van der Waals surface area contributed by atoms with Crippen molar-refractivity contribution in [2.24, 2.45) is 0 Å². The minimum atomic E-state index is -0.386. The minimum Gasteiger partial charge on any atom is -0.387 e. The molecule has 0 saturated carbocycles. The van der Waals surface area contributed by atoms with Gasteiger partial charge in [-0.2, -0.15) is 0 Å². The molecule has 2 atom stereocenters. The van der Waals surface area contributed by atoms with Gasteiger partial charge in [0.2, 0.25) is 0 Å². The van der Waals surface area contributed by atoms with Gasteiger partial charge in [-0.25, -0.2) is 0 Å². The summed E-state index contributed by atoms with van der Waals surface area (Å²) in [6, 6.07) is 10.2. The minimum absolute atomic E-state index is 0.212. The summed E-state index contributed by atoms with van der Waals surface area (Å²) in [5, 5.41) is 10.4. The first-order valence-electron chi connectivity index (χ1n) is 6.63. The van der Waals surface area contributed by atoms with Crippen molar-refractivity contribution in [2.45, 2.75) is 45.3 Å². The van der Waals surface area contributed by atoms with Gasteiger partial charge in [-0.15, -0.1) is 0 Å². The Labute approximate surface area is 105 Å². The van der Waals surface area contributed by atoms with Gasteiger partial charge >= 0.3 is 0 Å². The molecule has 1 N–H and O–H groups in total. The van der Waals surface area contributed by atoms with Crippen LogP contribution in [0.4, 0.5) is 0 Å². The lowest BCUT2D eigenvalue weighted by Gasteiger charge is -2.31. The molecule has 0 saturated heterocycles. The molecule has 1 rings (SSSR count). The van der Waals surface area contributed by atoms with Crippen LogP contribution in [0.25, 0.3) is 0 Å². The number of hydrogen-bond donors (Lipinski definition) is 1. The highest BCUT2D eigenvalue weighted by Crippen LogP contribution is 2.22. The van der Waals surface area contributed by atoms with Crippen molar-refractivity contribution >= 4 is 0 Å². The highest BCUT2D eigenvalue weighted by molar-refractivity contribution is 5.18. The third-order valence-electron chi connectivity index (χ3n) is 3.35. The van der Waals surface area contributed by atoms with Gasteiger partial charge in [-0.1, -0.05) is 50.6 Å². The van der Waals surface area contributed by atoms with Crippen LogP contribution in [-0.2, 0) is 0 Å². The molecule has 2 nitrogen and oxygen atoms in total. The van der Waals surface area contributed by atoms with Crippen molar-refractivity contribution in [1.82, 2.24) is 4.90 Å². The first kappa shape index (κ1) is 14.2. The molecular weight excluding hydrogens is 210 g/mol. The predicted octanol–water partition coefficient (Wildman–Crippen LogP) is 3.23. The number of nitrogens with zero attached hydrogens (tertiary/aromatic N) is 1. The van der Waals surface area contributed by atoms with Crippen molar-refractivity contribution in [1.29, 1.82) is 0 Å². The smallest absolute Gasteiger partial charge is 0.0944 e. The highest BCUT2D eigenvalue weighted by Gasteiger charge is 2.22. The van der Waals surface area contributed by atoms with Crippen molar-refractivity contribution < 1.29 is 5.11 Å². The SMILES string of the molecule is CCCCN(C)C(CC)C(O)c1ccccc1. The summed E-state index contributed by atoms with van der Waals surface area (Å²) in [6.45, 7) is 5.39. The van der Waals surface area contributed by atoms with E-state index in [1.807, 2.05) is 30.3 Å². The van der Waals surface area contributed by atoms with E-state index in [1.165, 1.54) is 12.8 Å². The van der Waals surface area contributed by atoms with Crippen LogP contribution in [0.5, 0.6) is 0 Å². The summed E-state index contributed by atoms with van der Waals surface area (Å²) >= 11 is 0. The molecule has 1 aromatic carbocycles. The van der Waals surface area contributed by atoms with E-state index in [0.717, 1.165) is 18.5 Å². The molecule has 1 aromatic rings.